The highest BCUT2D eigenvalue weighted by atomic mass is 16.7. The summed E-state index contributed by atoms with van der Waals surface area (Å²) in [5, 5.41) is 8.68. The van der Waals surface area contributed by atoms with Crippen molar-refractivity contribution in [3.05, 3.63) is 0 Å². The van der Waals surface area contributed by atoms with E-state index in [1.807, 2.05) is 0 Å². The van der Waals surface area contributed by atoms with Crippen LogP contribution in [0.2, 0.25) is 0 Å². The standard InChI is InChI=1S/C10H16O6/c1-6(11)5-7(8(12)13)15-9(14)16-10(2,3)4/h7H,5H2,1-4H3,(H,12,13)/t7-/m0/s1. The van der Waals surface area contributed by atoms with Gasteiger partial charge in [0.1, 0.15) is 11.4 Å². The van der Waals surface area contributed by atoms with Gasteiger partial charge in [0.05, 0.1) is 6.42 Å². The predicted molar refractivity (Wildman–Crippen MR) is 54.0 cm³/mol. The Balaban J connectivity index is 4.35. The second-order valence-corrected chi connectivity index (χ2v) is 4.32. The lowest BCUT2D eigenvalue weighted by Gasteiger charge is -2.20. The molecule has 16 heavy (non-hydrogen) atoms. The van der Waals surface area contributed by atoms with Gasteiger partial charge in [-0.1, -0.05) is 0 Å². The Hall–Kier alpha value is -1.59. The van der Waals surface area contributed by atoms with Crippen molar-refractivity contribution >= 4 is 17.9 Å². The van der Waals surface area contributed by atoms with Crippen LogP contribution in [0.4, 0.5) is 4.79 Å². The summed E-state index contributed by atoms with van der Waals surface area (Å²) < 4.78 is 9.28. The first kappa shape index (κ1) is 14.4. The molecule has 0 rings (SSSR count). The molecule has 0 unspecified atom stereocenters. The second kappa shape index (κ2) is 5.48. The zero-order chi connectivity index (χ0) is 12.9. The average molecular weight is 232 g/mol. The van der Waals surface area contributed by atoms with Crippen LogP contribution in [0.1, 0.15) is 34.1 Å². The maximum atomic E-state index is 11.1. The lowest BCUT2D eigenvalue weighted by molar-refractivity contribution is -0.151. The molecule has 0 heterocycles. The van der Waals surface area contributed by atoms with Crippen LogP contribution in [0.3, 0.4) is 0 Å². The quantitative estimate of drug-likeness (QED) is 0.736. The molecule has 0 aromatic heterocycles. The van der Waals surface area contributed by atoms with Gasteiger partial charge < -0.3 is 14.6 Å². The third kappa shape index (κ3) is 6.80. The first-order valence-corrected chi connectivity index (χ1v) is 4.73. The Morgan fingerprint density at radius 2 is 1.75 bits per heavy atom. The van der Waals surface area contributed by atoms with Gasteiger partial charge in [0.15, 0.2) is 0 Å². The third-order valence-electron chi connectivity index (χ3n) is 1.38. The fourth-order valence-corrected chi connectivity index (χ4v) is 0.831. The van der Waals surface area contributed by atoms with Crippen molar-refractivity contribution < 1.29 is 29.0 Å². The molecule has 92 valence electrons. The van der Waals surface area contributed by atoms with E-state index >= 15 is 0 Å². The summed E-state index contributed by atoms with van der Waals surface area (Å²) in [6, 6.07) is 0. The Morgan fingerprint density at radius 1 is 1.25 bits per heavy atom. The molecule has 0 spiro atoms. The summed E-state index contributed by atoms with van der Waals surface area (Å²) in [5.74, 6) is -1.75. The minimum atomic E-state index is -1.49. The number of carboxylic acids is 1. The van der Waals surface area contributed by atoms with E-state index in [1.165, 1.54) is 6.92 Å². The molecule has 0 aliphatic rings. The molecule has 0 fully saturated rings. The highest BCUT2D eigenvalue weighted by Crippen LogP contribution is 2.10. The topological polar surface area (TPSA) is 89.9 Å². The van der Waals surface area contributed by atoms with Crippen LogP contribution >= 0.6 is 0 Å². The van der Waals surface area contributed by atoms with E-state index in [0.29, 0.717) is 0 Å². The van der Waals surface area contributed by atoms with E-state index in [1.54, 1.807) is 20.8 Å². The summed E-state index contributed by atoms with van der Waals surface area (Å²) >= 11 is 0. The number of carboxylic acid groups (broad SMARTS) is 1. The van der Waals surface area contributed by atoms with Gasteiger partial charge in [-0.3, -0.25) is 4.79 Å². The average Bonchev–Trinajstić information content (AvgIpc) is 1.97. The molecule has 0 aliphatic carbocycles. The molecule has 0 amide bonds. The Labute approximate surface area is 93.5 Å². The van der Waals surface area contributed by atoms with E-state index in [2.05, 4.69) is 4.74 Å². The maximum absolute atomic E-state index is 11.1. The molecule has 0 aliphatic heterocycles. The van der Waals surface area contributed by atoms with Crippen molar-refractivity contribution in [2.75, 3.05) is 0 Å². The molecular formula is C10H16O6. The van der Waals surface area contributed by atoms with E-state index in [4.69, 9.17) is 9.84 Å². The fraction of sp³-hybridized carbons (Fsp3) is 0.700. The van der Waals surface area contributed by atoms with E-state index in [9.17, 15) is 14.4 Å². The van der Waals surface area contributed by atoms with Crippen LogP contribution in [0.25, 0.3) is 0 Å². The van der Waals surface area contributed by atoms with Crippen LogP contribution in [-0.2, 0) is 19.1 Å². The van der Waals surface area contributed by atoms with Crippen LogP contribution in [-0.4, -0.2) is 34.7 Å². The van der Waals surface area contributed by atoms with Crippen molar-refractivity contribution in [1.29, 1.82) is 0 Å². The molecular weight excluding hydrogens is 216 g/mol. The molecule has 6 nitrogen and oxygen atoms in total. The highest BCUT2D eigenvalue weighted by molar-refractivity contribution is 5.84. The number of hydrogen-bond donors (Lipinski definition) is 1. The number of rotatable bonds is 4. The minimum absolute atomic E-state index is 0.366. The van der Waals surface area contributed by atoms with Crippen LogP contribution in [0.5, 0.6) is 0 Å². The summed E-state index contributed by atoms with van der Waals surface area (Å²) in [6.45, 7) is 6.08. The van der Waals surface area contributed by atoms with Gasteiger partial charge in [0, 0.05) is 0 Å². The maximum Gasteiger partial charge on any atom is 0.509 e. The Kier molecular flexibility index (Phi) is 4.94. The SMILES string of the molecule is CC(=O)C[C@H](OC(=O)OC(C)(C)C)C(=O)O. The number of carbonyl (C=O) groups is 3. The predicted octanol–water partition coefficient (Wildman–Crippen LogP) is 1.37. The molecule has 6 heteroatoms. The monoisotopic (exact) mass is 232 g/mol. The number of hydrogen-bond acceptors (Lipinski definition) is 5. The third-order valence-corrected chi connectivity index (χ3v) is 1.38. The molecule has 1 N–H and O–H groups in total. The van der Waals surface area contributed by atoms with Crippen LogP contribution < -0.4 is 0 Å². The van der Waals surface area contributed by atoms with Gasteiger partial charge >= 0.3 is 12.1 Å². The first-order valence-electron chi connectivity index (χ1n) is 4.73. The molecule has 0 bridgehead atoms. The molecule has 0 aromatic rings. The number of ketones is 1. The lowest BCUT2D eigenvalue weighted by Crippen LogP contribution is -2.32. The van der Waals surface area contributed by atoms with E-state index in [-0.39, 0.29) is 12.2 Å². The van der Waals surface area contributed by atoms with Crippen molar-refractivity contribution in [3.63, 3.8) is 0 Å². The van der Waals surface area contributed by atoms with Gasteiger partial charge in [0.2, 0.25) is 6.10 Å². The molecule has 0 radical (unpaired) electrons. The number of ether oxygens (including phenoxy) is 2. The lowest BCUT2D eigenvalue weighted by atomic mass is 10.2. The van der Waals surface area contributed by atoms with Crippen molar-refractivity contribution in [1.82, 2.24) is 0 Å². The summed E-state index contributed by atoms with van der Waals surface area (Å²) in [7, 11) is 0. The molecule has 1 atom stereocenters. The smallest absolute Gasteiger partial charge is 0.478 e. The largest absolute Gasteiger partial charge is 0.509 e. The second-order valence-electron chi connectivity index (χ2n) is 4.32. The summed E-state index contributed by atoms with van der Waals surface area (Å²) in [6.07, 6.45) is -2.96. The normalized spacial score (nSPS) is 12.8. The van der Waals surface area contributed by atoms with Crippen LogP contribution in [0.15, 0.2) is 0 Å². The first-order chi connectivity index (χ1) is 7.11. The number of carbonyl (C=O) groups excluding carboxylic acids is 2. The summed E-state index contributed by atoms with van der Waals surface area (Å²) in [4.78, 5) is 32.5. The van der Waals surface area contributed by atoms with Crippen molar-refractivity contribution in [2.45, 2.75) is 45.8 Å². The van der Waals surface area contributed by atoms with E-state index < -0.39 is 23.8 Å². The molecule has 0 saturated carbocycles. The fourth-order valence-electron chi connectivity index (χ4n) is 0.831. The Morgan fingerprint density at radius 3 is 2.06 bits per heavy atom. The van der Waals surface area contributed by atoms with E-state index in [0.717, 1.165) is 0 Å². The van der Waals surface area contributed by atoms with Gasteiger partial charge in [-0.25, -0.2) is 9.59 Å². The highest BCUT2D eigenvalue weighted by Gasteiger charge is 2.27. The molecule has 0 aromatic carbocycles. The summed E-state index contributed by atoms with van der Waals surface area (Å²) in [5.41, 5.74) is -0.767. The van der Waals surface area contributed by atoms with Gasteiger partial charge in [-0.05, 0) is 27.7 Å². The number of Topliss-reactive ketones (excluding diaryl/α,β-unsaturated/α-hetero) is 1. The van der Waals surface area contributed by atoms with Crippen molar-refractivity contribution in [2.24, 2.45) is 0 Å². The zero-order valence-corrected chi connectivity index (χ0v) is 9.77. The zero-order valence-electron chi connectivity index (χ0n) is 9.77. The van der Waals surface area contributed by atoms with Gasteiger partial charge in [-0.15, -0.1) is 0 Å². The van der Waals surface area contributed by atoms with Crippen LogP contribution in [0, 0.1) is 0 Å². The molecule has 0 saturated heterocycles. The minimum Gasteiger partial charge on any atom is -0.478 e. The number of aliphatic carboxylic acids is 1. The Bertz CT molecular complexity index is 288. The van der Waals surface area contributed by atoms with Gasteiger partial charge in [0.25, 0.3) is 0 Å². The van der Waals surface area contributed by atoms with Gasteiger partial charge in [-0.2, -0.15) is 0 Å². The van der Waals surface area contributed by atoms with Crippen molar-refractivity contribution in [3.8, 4) is 0 Å².